The molecule has 0 radical (unpaired) electrons. The highest BCUT2D eigenvalue weighted by molar-refractivity contribution is 7.99. The van der Waals surface area contributed by atoms with Gasteiger partial charge in [0.25, 0.3) is 0 Å². The summed E-state index contributed by atoms with van der Waals surface area (Å²) in [5.41, 5.74) is 0.764. The second-order valence-electron chi connectivity index (χ2n) is 4.66. The van der Waals surface area contributed by atoms with Crippen LogP contribution >= 0.6 is 0 Å². The van der Waals surface area contributed by atoms with Crippen molar-refractivity contribution in [1.29, 1.82) is 5.41 Å². The highest BCUT2D eigenvalue weighted by atomic mass is 32.2. The number of benzene rings is 1. The molecule has 0 saturated carbocycles. The van der Waals surface area contributed by atoms with Gasteiger partial charge in [0, 0.05) is 12.1 Å². The molecule has 1 unspecified atom stereocenters. The van der Waals surface area contributed by atoms with Crippen LogP contribution in [0, 0.1) is 5.41 Å². The Morgan fingerprint density at radius 3 is 2.37 bits per heavy atom. The molecular formula is C12H15NO4S2. The van der Waals surface area contributed by atoms with Crippen molar-refractivity contribution < 1.29 is 16.8 Å². The van der Waals surface area contributed by atoms with Crippen LogP contribution < -0.4 is 0 Å². The zero-order chi connectivity index (χ0) is 14.1. The minimum Gasteiger partial charge on any atom is -0.308 e. The summed E-state index contributed by atoms with van der Waals surface area (Å²) in [7, 11) is -6.88. The summed E-state index contributed by atoms with van der Waals surface area (Å²) in [5.74, 6) is -1.16. The fourth-order valence-corrected chi connectivity index (χ4v) is 7.08. The van der Waals surface area contributed by atoms with Crippen molar-refractivity contribution in [3.05, 3.63) is 35.9 Å². The van der Waals surface area contributed by atoms with E-state index in [1.807, 2.05) is 6.07 Å². The molecule has 1 heterocycles. The second kappa shape index (κ2) is 5.05. The van der Waals surface area contributed by atoms with Gasteiger partial charge in [-0.15, -0.1) is 0 Å². The smallest absolute Gasteiger partial charge is 0.160 e. The molecule has 1 saturated heterocycles. The zero-order valence-corrected chi connectivity index (χ0v) is 11.9. The average Bonchev–Trinajstić information content (AvgIpc) is 2.34. The summed E-state index contributed by atoms with van der Waals surface area (Å²) >= 11 is 0. The van der Waals surface area contributed by atoms with E-state index in [-0.39, 0.29) is 23.6 Å². The summed E-state index contributed by atoms with van der Waals surface area (Å²) < 4.78 is 46.9. The lowest BCUT2D eigenvalue weighted by molar-refractivity contribution is 0.575. The first kappa shape index (κ1) is 14.2. The number of sulfone groups is 2. The van der Waals surface area contributed by atoms with Crippen molar-refractivity contribution >= 4 is 25.4 Å². The van der Waals surface area contributed by atoms with Crippen LogP contribution in [0.4, 0.5) is 0 Å². The third-order valence-electron chi connectivity index (χ3n) is 3.14. The molecule has 0 spiro atoms. The van der Waals surface area contributed by atoms with E-state index in [9.17, 15) is 16.8 Å². The summed E-state index contributed by atoms with van der Waals surface area (Å²) in [5, 5.41) is 6.72. The van der Waals surface area contributed by atoms with Crippen molar-refractivity contribution in [3.63, 3.8) is 0 Å². The van der Waals surface area contributed by atoms with E-state index in [1.54, 1.807) is 24.3 Å². The topological polar surface area (TPSA) is 92.1 Å². The maximum atomic E-state index is 11.9. The van der Waals surface area contributed by atoms with Crippen LogP contribution in [0.1, 0.15) is 5.56 Å². The normalized spacial score (nSPS) is 24.7. The van der Waals surface area contributed by atoms with E-state index in [2.05, 4.69) is 0 Å². The molecule has 104 valence electrons. The van der Waals surface area contributed by atoms with Crippen molar-refractivity contribution in [2.24, 2.45) is 0 Å². The maximum absolute atomic E-state index is 11.9. The molecule has 1 aliphatic heterocycles. The third-order valence-corrected chi connectivity index (χ3v) is 7.37. The minimum atomic E-state index is -3.52. The molecule has 0 aliphatic carbocycles. The summed E-state index contributed by atoms with van der Waals surface area (Å²) in [4.78, 5) is 0. The van der Waals surface area contributed by atoms with Crippen LogP contribution in [-0.4, -0.2) is 45.1 Å². The van der Waals surface area contributed by atoms with Gasteiger partial charge in [-0.2, -0.15) is 0 Å². The van der Waals surface area contributed by atoms with Gasteiger partial charge in [0.15, 0.2) is 19.7 Å². The molecule has 19 heavy (non-hydrogen) atoms. The number of hydrogen-bond donors (Lipinski definition) is 1. The van der Waals surface area contributed by atoms with Crippen molar-refractivity contribution in [2.75, 3.05) is 17.3 Å². The van der Waals surface area contributed by atoms with Gasteiger partial charge in [0.05, 0.1) is 17.3 Å². The van der Waals surface area contributed by atoms with Crippen molar-refractivity contribution in [2.45, 2.75) is 11.7 Å². The van der Waals surface area contributed by atoms with Gasteiger partial charge in [0.2, 0.25) is 0 Å². The van der Waals surface area contributed by atoms with Gasteiger partial charge >= 0.3 is 0 Å². The Morgan fingerprint density at radius 1 is 1.11 bits per heavy atom. The molecule has 1 atom stereocenters. The van der Waals surface area contributed by atoms with Gasteiger partial charge in [-0.25, -0.2) is 16.8 Å². The Kier molecular flexibility index (Phi) is 3.78. The van der Waals surface area contributed by atoms with Crippen LogP contribution in [0.25, 0.3) is 0 Å². The summed E-state index contributed by atoms with van der Waals surface area (Å²) in [6, 6.07) is 9.01. The molecule has 2 rings (SSSR count). The lowest BCUT2D eigenvalue weighted by Gasteiger charge is -2.23. The standard InChI is InChI=1S/C12H15NO4S2/c13-11(8-10-4-2-1-3-5-10)12-9-18(14,15)6-7-19(12,16)17/h1-5,12-13H,6-9H2. The molecule has 1 N–H and O–H groups in total. The van der Waals surface area contributed by atoms with Crippen molar-refractivity contribution in [1.82, 2.24) is 0 Å². The molecule has 7 heteroatoms. The maximum Gasteiger partial charge on any atom is 0.160 e. The largest absolute Gasteiger partial charge is 0.308 e. The lowest BCUT2D eigenvalue weighted by atomic mass is 10.1. The minimum absolute atomic E-state index is 0.0468. The highest BCUT2D eigenvalue weighted by Gasteiger charge is 2.39. The Bertz CT molecular complexity index is 678. The number of hydrogen-bond acceptors (Lipinski definition) is 5. The predicted octanol–water partition coefficient (Wildman–Crippen LogP) is 0.461. The zero-order valence-electron chi connectivity index (χ0n) is 10.2. The Morgan fingerprint density at radius 2 is 1.74 bits per heavy atom. The second-order valence-corrected chi connectivity index (χ2v) is 9.19. The van der Waals surface area contributed by atoms with E-state index >= 15 is 0 Å². The van der Waals surface area contributed by atoms with Gasteiger partial charge in [-0.05, 0) is 5.56 Å². The molecular weight excluding hydrogens is 286 g/mol. The van der Waals surface area contributed by atoms with Gasteiger partial charge in [-0.3, -0.25) is 0 Å². The van der Waals surface area contributed by atoms with E-state index < -0.39 is 30.7 Å². The monoisotopic (exact) mass is 301 g/mol. The Balaban J connectivity index is 2.22. The van der Waals surface area contributed by atoms with Crippen LogP contribution in [0.15, 0.2) is 30.3 Å². The van der Waals surface area contributed by atoms with Gasteiger partial charge in [0.1, 0.15) is 5.25 Å². The molecule has 1 aliphatic rings. The molecule has 1 fully saturated rings. The average molecular weight is 301 g/mol. The SMILES string of the molecule is N=C(Cc1ccccc1)C1CS(=O)(=O)CCS1(=O)=O. The number of nitrogens with one attached hydrogen (secondary N) is 1. The van der Waals surface area contributed by atoms with E-state index in [1.165, 1.54) is 0 Å². The fraction of sp³-hybridized carbons (Fsp3) is 0.417. The molecule has 1 aromatic rings. The summed E-state index contributed by atoms with van der Waals surface area (Å²) in [6.45, 7) is 0. The van der Waals surface area contributed by atoms with Gasteiger partial charge < -0.3 is 5.41 Å². The van der Waals surface area contributed by atoms with E-state index in [0.29, 0.717) is 0 Å². The molecule has 1 aromatic carbocycles. The molecule has 0 bridgehead atoms. The summed E-state index contributed by atoms with van der Waals surface area (Å²) in [6.07, 6.45) is 0.167. The first-order valence-electron chi connectivity index (χ1n) is 5.83. The van der Waals surface area contributed by atoms with Crippen LogP contribution in [0.5, 0.6) is 0 Å². The van der Waals surface area contributed by atoms with Crippen LogP contribution in [-0.2, 0) is 26.1 Å². The lowest BCUT2D eigenvalue weighted by Crippen LogP contribution is -2.45. The molecule has 5 nitrogen and oxygen atoms in total. The first-order chi connectivity index (χ1) is 8.80. The van der Waals surface area contributed by atoms with Crippen LogP contribution in [0.2, 0.25) is 0 Å². The fourth-order valence-electron chi connectivity index (χ4n) is 2.05. The van der Waals surface area contributed by atoms with Crippen molar-refractivity contribution in [3.8, 4) is 0 Å². The molecule has 0 amide bonds. The Hall–Kier alpha value is -1.21. The predicted molar refractivity (Wildman–Crippen MR) is 74.1 cm³/mol. The Labute approximate surface area is 113 Å². The van der Waals surface area contributed by atoms with E-state index in [0.717, 1.165) is 5.56 Å². The van der Waals surface area contributed by atoms with Crippen LogP contribution in [0.3, 0.4) is 0 Å². The third kappa shape index (κ3) is 3.42. The number of rotatable bonds is 3. The first-order valence-corrected chi connectivity index (χ1v) is 9.37. The van der Waals surface area contributed by atoms with E-state index in [4.69, 9.17) is 5.41 Å². The van der Waals surface area contributed by atoms with Gasteiger partial charge in [-0.1, -0.05) is 30.3 Å². The quantitative estimate of drug-likeness (QED) is 0.821. The highest BCUT2D eigenvalue weighted by Crippen LogP contribution is 2.17. The molecule has 0 aromatic heterocycles.